The fourth-order valence-electron chi connectivity index (χ4n) is 2.59. The molecule has 0 saturated carbocycles. The van der Waals surface area contributed by atoms with Gasteiger partial charge in [-0.25, -0.2) is 0 Å². The third-order valence-corrected chi connectivity index (χ3v) is 3.81. The number of para-hydroxylation sites is 1. The Morgan fingerprint density at radius 3 is 2.52 bits per heavy atom. The highest BCUT2D eigenvalue weighted by molar-refractivity contribution is 5.42. The van der Waals surface area contributed by atoms with Gasteiger partial charge in [0.25, 0.3) is 0 Å². The van der Waals surface area contributed by atoms with E-state index in [9.17, 15) is 0 Å². The number of hydrogen-bond donors (Lipinski definition) is 1. The molecule has 1 atom stereocenters. The van der Waals surface area contributed by atoms with Crippen LogP contribution in [0.3, 0.4) is 0 Å². The molecule has 1 unspecified atom stereocenters. The summed E-state index contributed by atoms with van der Waals surface area (Å²) in [5.74, 6) is 1.76. The van der Waals surface area contributed by atoms with Gasteiger partial charge in [0.15, 0.2) is 5.75 Å². The van der Waals surface area contributed by atoms with Gasteiger partial charge < -0.3 is 10.1 Å². The predicted octanol–water partition coefficient (Wildman–Crippen LogP) is 3.89. The molecule has 1 aromatic heterocycles. The molecule has 1 N–H and O–H groups in total. The van der Waals surface area contributed by atoms with Crippen molar-refractivity contribution in [2.75, 3.05) is 6.54 Å². The molecule has 2 aromatic rings. The van der Waals surface area contributed by atoms with Crippen molar-refractivity contribution in [3.05, 3.63) is 41.2 Å². The highest BCUT2D eigenvalue weighted by atomic mass is 16.5. The largest absolute Gasteiger partial charge is 0.453 e. The van der Waals surface area contributed by atoms with Crippen LogP contribution in [0.2, 0.25) is 0 Å². The van der Waals surface area contributed by atoms with Crippen LogP contribution in [0, 0.1) is 13.8 Å². The van der Waals surface area contributed by atoms with Crippen molar-refractivity contribution in [1.29, 1.82) is 0 Å². The maximum atomic E-state index is 6.20. The second-order valence-corrected chi connectivity index (χ2v) is 5.28. The molecule has 0 aliphatic heterocycles. The summed E-state index contributed by atoms with van der Waals surface area (Å²) in [6.07, 6.45) is 1.03. The van der Waals surface area contributed by atoms with Crippen molar-refractivity contribution in [3.63, 3.8) is 0 Å². The lowest BCUT2D eigenvalue weighted by molar-refractivity contribution is 0.447. The lowest BCUT2D eigenvalue weighted by Gasteiger charge is -2.20. The zero-order valence-electron chi connectivity index (χ0n) is 13.6. The first-order chi connectivity index (χ1) is 10.1. The summed E-state index contributed by atoms with van der Waals surface area (Å²) in [6, 6.07) is 8.54. The topological polar surface area (TPSA) is 39.1 Å². The zero-order valence-corrected chi connectivity index (χ0v) is 13.6. The monoisotopic (exact) mass is 287 g/mol. The van der Waals surface area contributed by atoms with Gasteiger partial charge in [-0.1, -0.05) is 32.0 Å². The molecule has 0 bridgehead atoms. The van der Waals surface area contributed by atoms with Crippen molar-refractivity contribution in [2.45, 2.75) is 40.2 Å². The minimum Gasteiger partial charge on any atom is -0.453 e. The molecule has 4 nitrogen and oxygen atoms in total. The summed E-state index contributed by atoms with van der Waals surface area (Å²) in [5, 5.41) is 7.92. The van der Waals surface area contributed by atoms with E-state index in [1.54, 1.807) is 0 Å². The average Bonchev–Trinajstić information content (AvgIpc) is 2.72. The molecule has 0 amide bonds. The number of aryl methyl sites for hydroxylation is 2. The third-order valence-electron chi connectivity index (χ3n) is 3.81. The van der Waals surface area contributed by atoms with Gasteiger partial charge in [0.2, 0.25) is 0 Å². The number of ether oxygens (including phenoxy) is 1. The number of aromatic nitrogens is 2. The van der Waals surface area contributed by atoms with Gasteiger partial charge in [-0.2, -0.15) is 5.10 Å². The van der Waals surface area contributed by atoms with Crippen molar-refractivity contribution >= 4 is 0 Å². The SMILES string of the molecule is CCNC(CC)c1ccccc1Oc1c(C)nn(C)c1C. The van der Waals surface area contributed by atoms with Crippen LogP contribution >= 0.6 is 0 Å². The van der Waals surface area contributed by atoms with Crippen molar-refractivity contribution < 1.29 is 4.74 Å². The molecule has 1 heterocycles. The van der Waals surface area contributed by atoms with Crippen molar-refractivity contribution in [3.8, 4) is 11.5 Å². The maximum Gasteiger partial charge on any atom is 0.171 e. The Balaban J connectivity index is 2.36. The highest BCUT2D eigenvalue weighted by Gasteiger charge is 2.17. The van der Waals surface area contributed by atoms with Gasteiger partial charge in [0.05, 0.1) is 5.69 Å². The van der Waals surface area contributed by atoms with E-state index in [1.807, 2.05) is 37.7 Å². The van der Waals surface area contributed by atoms with E-state index >= 15 is 0 Å². The molecule has 4 heteroatoms. The molecule has 114 valence electrons. The van der Waals surface area contributed by atoms with Crippen LogP contribution in [0.1, 0.15) is 43.3 Å². The summed E-state index contributed by atoms with van der Waals surface area (Å²) >= 11 is 0. The van der Waals surface area contributed by atoms with Gasteiger partial charge in [0.1, 0.15) is 11.4 Å². The van der Waals surface area contributed by atoms with E-state index < -0.39 is 0 Å². The van der Waals surface area contributed by atoms with Crippen LogP contribution in [0.15, 0.2) is 24.3 Å². The number of rotatable bonds is 6. The van der Waals surface area contributed by atoms with Gasteiger partial charge in [0, 0.05) is 18.7 Å². The quantitative estimate of drug-likeness (QED) is 0.876. The van der Waals surface area contributed by atoms with Gasteiger partial charge in [-0.15, -0.1) is 0 Å². The van der Waals surface area contributed by atoms with E-state index in [2.05, 4.69) is 36.4 Å². The minimum absolute atomic E-state index is 0.309. The first-order valence-corrected chi connectivity index (χ1v) is 7.58. The molecule has 0 aliphatic carbocycles. The van der Waals surface area contributed by atoms with E-state index in [4.69, 9.17) is 4.74 Å². The lowest BCUT2D eigenvalue weighted by atomic mass is 10.0. The van der Waals surface area contributed by atoms with Crippen LogP contribution in [-0.2, 0) is 7.05 Å². The Morgan fingerprint density at radius 2 is 1.95 bits per heavy atom. The Morgan fingerprint density at radius 1 is 1.24 bits per heavy atom. The van der Waals surface area contributed by atoms with E-state index in [1.165, 1.54) is 5.56 Å². The first kappa shape index (κ1) is 15.6. The van der Waals surface area contributed by atoms with E-state index in [-0.39, 0.29) is 0 Å². The van der Waals surface area contributed by atoms with Crippen LogP contribution in [0.5, 0.6) is 11.5 Å². The molecular weight excluding hydrogens is 262 g/mol. The second-order valence-electron chi connectivity index (χ2n) is 5.28. The Labute approximate surface area is 127 Å². The van der Waals surface area contributed by atoms with Crippen LogP contribution in [0.4, 0.5) is 0 Å². The molecule has 21 heavy (non-hydrogen) atoms. The standard InChI is InChI=1S/C17H25N3O/c1-6-15(18-7-2)14-10-8-9-11-16(14)21-17-12(3)19-20(5)13(17)4/h8-11,15,18H,6-7H2,1-5H3. The summed E-state index contributed by atoms with van der Waals surface area (Å²) < 4.78 is 8.05. The van der Waals surface area contributed by atoms with Gasteiger partial charge >= 0.3 is 0 Å². The molecular formula is C17H25N3O. The zero-order chi connectivity index (χ0) is 15.4. The van der Waals surface area contributed by atoms with E-state index in [0.717, 1.165) is 35.9 Å². The smallest absolute Gasteiger partial charge is 0.171 e. The van der Waals surface area contributed by atoms with Crippen LogP contribution < -0.4 is 10.1 Å². The maximum absolute atomic E-state index is 6.20. The summed E-state index contributed by atoms with van der Waals surface area (Å²) in [4.78, 5) is 0. The van der Waals surface area contributed by atoms with Gasteiger partial charge in [-0.05, 0) is 32.9 Å². The average molecular weight is 287 g/mol. The third kappa shape index (κ3) is 3.27. The number of benzene rings is 1. The molecule has 0 spiro atoms. The summed E-state index contributed by atoms with van der Waals surface area (Å²) in [7, 11) is 1.94. The molecule has 1 aromatic carbocycles. The molecule has 2 rings (SSSR count). The Kier molecular flexibility index (Phi) is 5.02. The molecule has 0 saturated heterocycles. The molecule has 0 fully saturated rings. The summed E-state index contributed by atoms with van der Waals surface area (Å²) in [6.45, 7) is 9.26. The minimum atomic E-state index is 0.309. The van der Waals surface area contributed by atoms with Crippen molar-refractivity contribution in [2.24, 2.45) is 7.05 Å². The Bertz CT molecular complexity index is 604. The lowest BCUT2D eigenvalue weighted by Crippen LogP contribution is -2.20. The fraction of sp³-hybridized carbons (Fsp3) is 0.471. The predicted molar refractivity (Wildman–Crippen MR) is 85.9 cm³/mol. The number of hydrogen-bond acceptors (Lipinski definition) is 3. The first-order valence-electron chi connectivity index (χ1n) is 7.58. The van der Waals surface area contributed by atoms with Crippen LogP contribution in [-0.4, -0.2) is 16.3 Å². The van der Waals surface area contributed by atoms with E-state index in [0.29, 0.717) is 6.04 Å². The fourth-order valence-corrected chi connectivity index (χ4v) is 2.59. The normalized spacial score (nSPS) is 12.4. The van der Waals surface area contributed by atoms with Gasteiger partial charge in [-0.3, -0.25) is 4.68 Å². The number of nitrogens with zero attached hydrogens (tertiary/aromatic N) is 2. The Hall–Kier alpha value is -1.81. The molecule has 0 aliphatic rings. The second kappa shape index (κ2) is 6.76. The molecule has 0 radical (unpaired) electrons. The highest BCUT2D eigenvalue weighted by Crippen LogP contribution is 2.33. The number of nitrogens with one attached hydrogen (secondary N) is 1. The van der Waals surface area contributed by atoms with Crippen molar-refractivity contribution in [1.82, 2.24) is 15.1 Å². The van der Waals surface area contributed by atoms with Crippen LogP contribution in [0.25, 0.3) is 0 Å². The summed E-state index contributed by atoms with van der Waals surface area (Å²) in [5.41, 5.74) is 3.16.